The van der Waals surface area contributed by atoms with Crippen LogP contribution in [0.25, 0.3) is 0 Å². The Morgan fingerprint density at radius 1 is 1.16 bits per heavy atom. The van der Waals surface area contributed by atoms with Crippen molar-refractivity contribution in [1.29, 1.82) is 0 Å². The van der Waals surface area contributed by atoms with Crippen LogP contribution in [0.2, 0.25) is 0 Å². The summed E-state index contributed by atoms with van der Waals surface area (Å²) < 4.78 is 5.47. The van der Waals surface area contributed by atoms with Gasteiger partial charge in [0, 0.05) is 6.42 Å². The van der Waals surface area contributed by atoms with E-state index in [1.54, 1.807) is 24.3 Å². The number of carboxylic acids is 1. The number of carbonyl (C=O) groups is 2. The number of carbonyl (C=O) groups excluding carboxylic acids is 1. The number of aromatic carboxylic acids is 1. The van der Waals surface area contributed by atoms with Gasteiger partial charge in [-0.3, -0.25) is 4.79 Å². The number of carboxylic acid groups (broad SMARTS) is 1. The highest BCUT2D eigenvalue weighted by Crippen LogP contribution is 2.19. The lowest BCUT2D eigenvalue weighted by Crippen LogP contribution is -2.27. The van der Waals surface area contributed by atoms with Crippen molar-refractivity contribution in [2.24, 2.45) is 0 Å². The molecular formula is C20H23NO4. The summed E-state index contributed by atoms with van der Waals surface area (Å²) in [6.07, 6.45) is 0.625. The highest BCUT2D eigenvalue weighted by Gasteiger charge is 2.13. The van der Waals surface area contributed by atoms with Gasteiger partial charge in [-0.2, -0.15) is 0 Å². The molecule has 1 amide bonds. The fraction of sp³-hybridized carbons (Fsp3) is 0.300. The van der Waals surface area contributed by atoms with Crippen LogP contribution in [0.15, 0.2) is 48.5 Å². The highest BCUT2D eigenvalue weighted by molar-refractivity contribution is 5.89. The Hall–Kier alpha value is -2.82. The maximum Gasteiger partial charge on any atom is 0.335 e. The first-order valence-corrected chi connectivity index (χ1v) is 8.34. The van der Waals surface area contributed by atoms with E-state index in [2.05, 4.69) is 5.32 Å². The number of hydrogen-bond donors (Lipinski definition) is 2. The van der Waals surface area contributed by atoms with Gasteiger partial charge in [-0.05, 0) is 49.6 Å². The lowest BCUT2D eigenvalue weighted by atomic mass is 10.0. The van der Waals surface area contributed by atoms with Crippen molar-refractivity contribution in [2.75, 3.05) is 6.61 Å². The lowest BCUT2D eigenvalue weighted by molar-refractivity contribution is -0.121. The van der Waals surface area contributed by atoms with E-state index in [1.165, 1.54) is 0 Å². The predicted molar refractivity (Wildman–Crippen MR) is 95.9 cm³/mol. The number of nitrogens with one attached hydrogen (secondary N) is 1. The second-order valence-corrected chi connectivity index (χ2v) is 5.76. The SMILES string of the molecule is CCOc1cccc(C(C)NC(=O)CCc2ccccc2C(=O)O)c1. The molecule has 0 heterocycles. The summed E-state index contributed by atoms with van der Waals surface area (Å²) in [4.78, 5) is 23.4. The van der Waals surface area contributed by atoms with Gasteiger partial charge < -0.3 is 15.2 Å². The van der Waals surface area contributed by atoms with Gasteiger partial charge in [-0.1, -0.05) is 30.3 Å². The maximum absolute atomic E-state index is 12.2. The Labute approximate surface area is 147 Å². The fourth-order valence-electron chi connectivity index (χ4n) is 2.63. The van der Waals surface area contributed by atoms with E-state index >= 15 is 0 Å². The van der Waals surface area contributed by atoms with Crippen LogP contribution >= 0.6 is 0 Å². The molecule has 0 aromatic heterocycles. The van der Waals surface area contributed by atoms with Crippen molar-refractivity contribution in [3.05, 3.63) is 65.2 Å². The fourth-order valence-corrected chi connectivity index (χ4v) is 2.63. The van der Waals surface area contributed by atoms with Gasteiger partial charge in [0.05, 0.1) is 18.2 Å². The average molecular weight is 341 g/mol. The zero-order valence-electron chi connectivity index (χ0n) is 14.5. The zero-order valence-corrected chi connectivity index (χ0v) is 14.5. The van der Waals surface area contributed by atoms with E-state index in [1.807, 2.05) is 38.1 Å². The lowest BCUT2D eigenvalue weighted by Gasteiger charge is -2.16. The minimum Gasteiger partial charge on any atom is -0.494 e. The summed E-state index contributed by atoms with van der Waals surface area (Å²) in [5.41, 5.74) is 1.87. The molecule has 0 aliphatic carbocycles. The number of hydrogen-bond acceptors (Lipinski definition) is 3. The minimum atomic E-state index is -0.975. The molecule has 5 nitrogen and oxygen atoms in total. The molecule has 132 valence electrons. The van der Waals surface area contributed by atoms with Gasteiger partial charge in [0.1, 0.15) is 5.75 Å². The third-order valence-electron chi connectivity index (χ3n) is 3.92. The molecule has 0 aliphatic heterocycles. The maximum atomic E-state index is 12.2. The van der Waals surface area contributed by atoms with Crippen LogP contribution in [0.3, 0.4) is 0 Å². The van der Waals surface area contributed by atoms with Crippen molar-refractivity contribution in [3.63, 3.8) is 0 Å². The number of amides is 1. The second kappa shape index (κ2) is 8.87. The van der Waals surface area contributed by atoms with Crippen molar-refractivity contribution in [3.8, 4) is 5.75 Å². The van der Waals surface area contributed by atoms with Crippen molar-refractivity contribution in [2.45, 2.75) is 32.7 Å². The Morgan fingerprint density at radius 2 is 1.92 bits per heavy atom. The van der Waals surface area contributed by atoms with E-state index < -0.39 is 5.97 Å². The van der Waals surface area contributed by atoms with Gasteiger partial charge in [0.25, 0.3) is 0 Å². The first kappa shape index (κ1) is 18.5. The van der Waals surface area contributed by atoms with Gasteiger partial charge in [-0.15, -0.1) is 0 Å². The molecule has 2 aromatic rings. The van der Waals surface area contributed by atoms with Gasteiger partial charge >= 0.3 is 5.97 Å². The van der Waals surface area contributed by atoms with Crippen LogP contribution in [-0.2, 0) is 11.2 Å². The van der Waals surface area contributed by atoms with E-state index in [0.29, 0.717) is 18.6 Å². The van der Waals surface area contributed by atoms with E-state index in [-0.39, 0.29) is 23.9 Å². The molecule has 0 spiro atoms. The van der Waals surface area contributed by atoms with Crippen LogP contribution < -0.4 is 10.1 Å². The van der Waals surface area contributed by atoms with E-state index in [0.717, 1.165) is 11.3 Å². The molecule has 0 fully saturated rings. The zero-order chi connectivity index (χ0) is 18.2. The monoisotopic (exact) mass is 341 g/mol. The topological polar surface area (TPSA) is 75.6 Å². The molecule has 0 saturated heterocycles. The van der Waals surface area contributed by atoms with Crippen molar-refractivity contribution < 1.29 is 19.4 Å². The van der Waals surface area contributed by atoms with Gasteiger partial charge in [0.15, 0.2) is 0 Å². The van der Waals surface area contributed by atoms with Crippen LogP contribution in [0.4, 0.5) is 0 Å². The summed E-state index contributed by atoms with van der Waals surface area (Å²) >= 11 is 0. The molecule has 1 atom stereocenters. The molecule has 25 heavy (non-hydrogen) atoms. The molecule has 0 radical (unpaired) electrons. The summed E-state index contributed by atoms with van der Waals surface area (Å²) in [6, 6.07) is 14.2. The van der Waals surface area contributed by atoms with E-state index in [9.17, 15) is 14.7 Å². The molecule has 2 rings (SSSR count). The summed E-state index contributed by atoms with van der Waals surface area (Å²) in [6.45, 7) is 4.42. The van der Waals surface area contributed by atoms with Crippen molar-refractivity contribution in [1.82, 2.24) is 5.32 Å². The molecule has 1 unspecified atom stereocenters. The number of aryl methyl sites for hydroxylation is 1. The summed E-state index contributed by atoms with van der Waals surface area (Å²) in [7, 11) is 0. The first-order valence-electron chi connectivity index (χ1n) is 8.34. The van der Waals surface area contributed by atoms with Gasteiger partial charge in [0.2, 0.25) is 5.91 Å². The Morgan fingerprint density at radius 3 is 2.64 bits per heavy atom. The summed E-state index contributed by atoms with van der Waals surface area (Å²) in [5.74, 6) is -0.317. The number of benzene rings is 2. The number of ether oxygens (including phenoxy) is 1. The standard InChI is InChI=1S/C20H23NO4/c1-3-25-17-9-6-8-16(13-17)14(2)21-19(22)12-11-15-7-4-5-10-18(15)20(23)24/h4-10,13-14H,3,11-12H2,1-2H3,(H,21,22)(H,23,24). The van der Waals surface area contributed by atoms with Crippen LogP contribution in [0.5, 0.6) is 5.75 Å². The first-order chi connectivity index (χ1) is 12.0. The molecule has 2 aromatic carbocycles. The molecule has 0 bridgehead atoms. The molecule has 2 N–H and O–H groups in total. The summed E-state index contributed by atoms with van der Waals surface area (Å²) in [5, 5.41) is 12.1. The van der Waals surface area contributed by atoms with Crippen LogP contribution in [-0.4, -0.2) is 23.6 Å². The molecule has 0 saturated carbocycles. The van der Waals surface area contributed by atoms with E-state index in [4.69, 9.17) is 4.74 Å². The largest absolute Gasteiger partial charge is 0.494 e. The predicted octanol–water partition coefficient (Wildman–Crippen LogP) is 3.59. The quantitative estimate of drug-likeness (QED) is 0.769. The Balaban J connectivity index is 1.94. The minimum absolute atomic E-state index is 0.116. The third-order valence-corrected chi connectivity index (χ3v) is 3.92. The highest BCUT2D eigenvalue weighted by atomic mass is 16.5. The Kier molecular flexibility index (Phi) is 6.57. The Bertz CT molecular complexity index is 742. The second-order valence-electron chi connectivity index (χ2n) is 5.76. The normalized spacial score (nSPS) is 11.6. The smallest absolute Gasteiger partial charge is 0.335 e. The van der Waals surface area contributed by atoms with Crippen LogP contribution in [0, 0.1) is 0 Å². The number of rotatable bonds is 8. The third kappa shape index (κ3) is 5.35. The molecule has 5 heteroatoms. The molecule has 0 aliphatic rings. The van der Waals surface area contributed by atoms with Crippen molar-refractivity contribution >= 4 is 11.9 Å². The van der Waals surface area contributed by atoms with Gasteiger partial charge in [-0.25, -0.2) is 4.79 Å². The van der Waals surface area contributed by atoms with Crippen LogP contribution in [0.1, 0.15) is 47.8 Å². The molecular weight excluding hydrogens is 318 g/mol. The average Bonchev–Trinajstić information content (AvgIpc) is 2.60.